The third-order valence-electron chi connectivity index (χ3n) is 2.05. The van der Waals surface area contributed by atoms with Crippen LogP contribution in [0, 0.1) is 0 Å². The van der Waals surface area contributed by atoms with Crippen molar-refractivity contribution >= 4 is 17.2 Å². The minimum absolute atomic E-state index is 0.138. The predicted molar refractivity (Wildman–Crippen MR) is 60.6 cm³/mol. The lowest BCUT2D eigenvalue weighted by Gasteiger charge is -2.03. The molecular formula is C10H11N3O2S. The number of hydrogen-bond acceptors (Lipinski definition) is 4. The summed E-state index contributed by atoms with van der Waals surface area (Å²) < 4.78 is 5.07. The maximum atomic E-state index is 11.8. The Morgan fingerprint density at radius 1 is 1.69 bits per heavy atom. The Kier molecular flexibility index (Phi) is 3.21. The topological polar surface area (TPSA) is 67.0 Å². The molecule has 0 unspecified atom stereocenters. The zero-order valence-electron chi connectivity index (χ0n) is 8.69. The Morgan fingerprint density at radius 2 is 2.56 bits per heavy atom. The van der Waals surface area contributed by atoms with Crippen LogP contribution in [0.2, 0.25) is 0 Å². The third kappa shape index (κ3) is 2.22. The summed E-state index contributed by atoms with van der Waals surface area (Å²) in [6.07, 6.45) is 3.25. The van der Waals surface area contributed by atoms with Gasteiger partial charge in [-0.25, -0.2) is 4.98 Å². The fraction of sp³-hybridized carbons (Fsp3) is 0.200. The van der Waals surface area contributed by atoms with E-state index in [1.54, 1.807) is 25.7 Å². The number of hydrogen-bond donors (Lipinski definition) is 2. The summed E-state index contributed by atoms with van der Waals surface area (Å²) in [4.78, 5) is 19.1. The molecule has 0 aliphatic carbocycles. The van der Waals surface area contributed by atoms with Crippen LogP contribution in [-0.4, -0.2) is 23.0 Å². The molecular weight excluding hydrogens is 226 g/mol. The highest BCUT2D eigenvalue weighted by molar-refractivity contribution is 7.12. The standard InChI is InChI=1S/C10H11N3O2S/c1-15-8-2-3-16-9(8)10(14)12-5-7-4-11-6-13-7/h2-4,6H,5H2,1H3,(H,11,13)(H,12,14). The van der Waals surface area contributed by atoms with E-state index in [4.69, 9.17) is 4.74 Å². The SMILES string of the molecule is COc1ccsc1C(=O)NCc1cnc[nH]1. The van der Waals surface area contributed by atoms with Crippen molar-refractivity contribution in [3.63, 3.8) is 0 Å². The van der Waals surface area contributed by atoms with E-state index in [-0.39, 0.29) is 5.91 Å². The van der Waals surface area contributed by atoms with Gasteiger partial charge in [0.05, 0.1) is 25.7 Å². The molecule has 2 aromatic heterocycles. The van der Waals surface area contributed by atoms with Gasteiger partial charge in [0.25, 0.3) is 5.91 Å². The molecule has 5 nitrogen and oxygen atoms in total. The third-order valence-corrected chi connectivity index (χ3v) is 2.94. The molecule has 0 aliphatic rings. The van der Waals surface area contributed by atoms with Crippen LogP contribution in [0.25, 0.3) is 0 Å². The Morgan fingerprint density at radius 3 is 3.25 bits per heavy atom. The van der Waals surface area contributed by atoms with Crippen LogP contribution < -0.4 is 10.1 Å². The lowest BCUT2D eigenvalue weighted by molar-refractivity contribution is 0.0952. The molecule has 0 radical (unpaired) electrons. The van der Waals surface area contributed by atoms with Crippen molar-refractivity contribution in [3.8, 4) is 5.75 Å². The number of thiophene rings is 1. The van der Waals surface area contributed by atoms with Crippen LogP contribution in [0.15, 0.2) is 24.0 Å². The van der Waals surface area contributed by atoms with E-state index in [0.717, 1.165) is 5.69 Å². The van der Waals surface area contributed by atoms with Crippen molar-refractivity contribution in [1.82, 2.24) is 15.3 Å². The average Bonchev–Trinajstić information content (AvgIpc) is 2.96. The van der Waals surface area contributed by atoms with Crippen molar-refractivity contribution in [2.75, 3.05) is 7.11 Å². The number of nitrogens with zero attached hydrogens (tertiary/aromatic N) is 1. The number of ether oxygens (including phenoxy) is 1. The second-order valence-corrected chi connectivity index (χ2v) is 3.99. The zero-order chi connectivity index (χ0) is 11.4. The van der Waals surface area contributed by atoms with Crippen molar-refractivity contribution < 1.29 is 9.53 Å². The quantitative estimate of drug-likeness (QED) is 0.844. The number of rotatable bonds is 4. The van der Waals surface area contributed by atoms with Gasteiger partial charge in [-0.1, -0.05) is 0 Å². The highest BCUT2D eigenvalue weighted by atomic mass is 32.1. The van der Waals surface area contributed by atoms with Gasteiger partial charge in [-0.2, -0.15) is 0 Å². The van der Waals surface area contributed by atoms with E-state index >= 15 is 0 Å². The lowest BCUT2D eigenvalue weighted by Crippen LogP contribution is -2.22. The summed E-state index contributed by atoms with van der Waals surface area (Å²) >= 11 is 1.36. The van der Waals surface area contributed by atoms with Crippen LogP contribution in [0.3, 0.4) is 0 Å². The highest BCUT2D eigenvalue weighted by Gasteiger charge is 2.13. The zero-order valence-corrected chi connectivity index (χ0v) is 9.50. The number of amides is 1. The van der Waals surface area contributed by atoms with Crippen molar-refractivity contribution in [3.05, 3.63) is 34.5 Å². The maximum absolute atomic E-state index is 11.8. The van der Waals surface area contributed by atoms with Gasteiger partial charge in [0.15, 0.2) is 0 Å². The Hall–Kier alpha value is -1.82. The van der Waals surface area contributed by atoms with E-state index in [9.17, 15) is 4.79 Å². The molecule has 2 aromatic rings. The van der Waals surface area contributed by atoms with Crippen LogP contribution in [0.5, 0.6) is 5.75 Å². The Balaban J connectivity index is 1.98. The monoisotopic (exact) mass is 237 g/mol. The van der Waals surface area contributed by atoms with Gasteiger partial charge in [0.2, 0.25) is 0 Å². The molecule has 6 heteroatoms. The molecule has 2 N–H and O–H groups in total. The van der Waals surface area contributed by atoms with E-state index in [0.29, 0.717) is 17.2 Å². The van der Waals surface area contributed by atoms with E-state index in [1.165, 1.54) is 11.3 Å². The van der Waals surface area contributed by atoms with Gasteiger partial charge in [-0.3, -0.25) is 4.79 Å². The number of aromatic nitrogens is 2. The van der Waals surface area contributed by atoms with E-state index < -0.39 is 0 Å². The summed E-state index contributed by atoms with van der Waals surface area (Å²) in [5, 5.41) is 4.61. The van der Waals surface area contributed by atoms with Crippen LogP contribution in [0.4, 0.5) is 0 Å². The smallest absolute Gasteiger partial charge is 0.265 e. The minimum atomic E-state index is -0.138. The molecule has 1 amide bonds. The second kappa shape index (κ2) is 4.80. The predicted octanol–water partition coefficient (Wildman–Crippen LogP) is 1.41. The van der Waals surface area contributed by atoms with E-state index in [2.05, 4.69) is 15.3 Å². The molecule has 0 atom stereocenters. The van der Waals surface area contributed by atoms with Gasteiger partial charge in [0, 0.05) is 6.20 Å². The molecule has 0 bridgehead atoms. The number of aromatic amines is 1. The molecule has 84 valence electrons. The molecule has 2 rings (SSSR count). The number of imidazole rings is 1. The van der Waals surface area contributed by atoms with Gasteiger partial charge >= 0.3 is 0 Å². The average molecular weight is 237 g/mol. The summed E-state index contributed by atoms with van der Waals surface area (Å²) in [5.41, 5.74) is 0.865. The van der Waals surface area contributed by atoms with Gasteiger partial charge in [-0.05, 0) is 11.4 Å². The van der Waals surface area contributed by atoms with Crippen molar-refractivity contribution in [2.45, 2.75) is 6.54 Å². The number of carbonyl (C=O) groups is 1. The molecule has 0 spiro atoms. The number of nitrogens with one attached hydrogen (secondary N) is 2. The highest BCUT2D eigenvalue weighted by Crippen LogP contribution is 2.23. The van der Waals surface area contributed by atoms with Crippen molar-refractivity contribution in [1.29, 1.82) is 0 Å². The van der Waals surface area contributed by atoms with Crippen LogP contribution in [0.1, 0.15) is 15.4 Å². The van der Waals surface area contributed by atoms with Gasteiger partial charge in [0.1, 0.15) is 10.6 Å². The first kappa shape index (κ1) is 10.7. The largest absolute Gasteiger partial charge is 0.495 e. The number of H-pyrrole nitrogens is 1. The van der Waals surface area contributed by atoms with Gasteiger partial charge < -0.3 is 15.0 Å². The van der Waals surface area contributed by atoms with E-state index in [1.807, 2.05) is 5.38 Å². The molecule has 0 saturated carbocycles. The molecule has 0 aliphatic heterocycles. The maximum Gasteiger partial charge on any atom is 0.265 e. The second-order valence-electron chi connectivity index (χ2n) is 3.08. The molecule has 0 saturated heterocycles. The molecule has 0 aromatic carbocycles. The molecule has 16 heavy (non-hydrogen) atoms. The first-order chi connectivity index (χ1) is 7.81. The normalized spacial score (nSPS) is 10.1. The molecule has 2 heterocycles. The fourth-order valence-electron chi connectivity index (χ4n) is 1.26. The lowest BCUT2D eigenvalue weighted by atomic mass is 10.4. The Bertz CT molecular complexity index is 464. The first-order valence-electron chi connectivity index (χ1n) is 4.68. The first-order valence-corrected chi connectivity index (χ1v) is 5.56. The fourth-order valence-corrected chi connectivity index (χ4v) is 2.04. The summed E-state index contributed by atoms with van der Waals surface area (Å²) in [7, 11) is 1.55. The summed E-state index contributed by atoms with van der Waals surface area (Å²) in [6, 6.07) is 1.77. The van der Waals surface area contributed by atoms with Crippen molar-refractivity contribution in [2.24, 2.45) is 0 Å². The van der Waals surface area contributed by atoms with Gasteiger partial charge in [-0.15, -0.1) is 11.3 Å². The minimum Gasteiger partial charge on any atom is -0.495 e. The Labute approximate surface area is 96.5 Å². The number of methoxy groups -OCH3 is 1. The number of carbonyl (C=O) groups excluding carboxylic acids is 1. The van der Waals surface area contributed by atoms with Crippen LogP contribution >= 0.6 is 11.3 Å². The van der Waals surface area contributed by atoms with Crippen LogP contribution in [-0.2, 0) is 6.54 Å². The summed E-state index contributed by atoms with van der Waals surface area (Å²) in [6.45, 7) is 0.430. The molecule has 0 fully saturated rings. The summed E-state index contributed by atoms with van der Waals surface area (Å²) in [5.74, 6) is 0.466.